The minimum atomic E-state index is -0.0483. The molecule has 0 saturated carbocycles. The Morgan fingerprint density at radius 1 is 1.26 bits per heavy atom. The Morgan fingerprint density at radius 3 is 2.42 bits per heavy atom. The van der Waals surface area contributed by atoms with Crippen LogP contribution in [0.3, 0.4) is 0 Å². The zero-order valence-corrected chi connectivity index (χ0v) is 11.8. The van der Waals surface area contributed by atoms with Crippen molar-refractivity contribution in [3.8, 4) is 6.07 Å². The molecule has 0 N–H and O–H groups in total. The number of carbonyl (C=O) groups excluding carboxylic acids is 1. The molecule has 1 aliphatic rings. The van der Waals surface area contributed by atoms with Crippen molar-refractivity contribution in [3.63, 3.8) is 0 Å². The van der Waals surface area contributed by atoms with E-state index in [1.54, 1.807) is 24.3 Å². The highest BCUT2D eigenvalue weighted by Crippen LogP contribution is 2.41. The van der Waals surface area contributed by atoms with Gasteiger partial charge in [0.15, 0.2) is 5.78 Å². The van der Waals surface area contributed by atoms with Gasteiger partial charge in [-0.05, 0) is 55.9 Å². The zero-order valence-electron chi connectivity index (χ0n) is 11.8. The average molecular weight is 253 g/mol. The number of hydrogen-bond acceptors (Lipinski definition) is 2. The van der Waals surface area contributed by atoms with Crippen LogP contribution in [-0.4, -0.2) is 5.78 Å². The van der Waals surface area contributed by atoms with Crippen molar-refractivity contribution in [2.75, 3.05) is 0 Å². The molecule has 0 bridgehead atoms. The summed E-state index contributed by atoms with van der Waals surface area (Å²) in [6.45, 7) is 6.36. The normalized spacial score (nSPS) is 18.0. The van der Waals surface area contributed by atoms with Gasteiger partial charge in [0.05, 0.1) is 11.6 Å². The number of benzene rings is 1. The fourth-order valence-corrected chi connectivity index (χ4v) is 2.96. The van der Waals surface area contributed by atoms with Crippen LogP contribution in [-0.2, 0) is 0 Å². The van der Waals surface area contributed by atoms with Crippen molar-refractivity contribution < 1.29 is 4.79 Å². The third-order valence-electron chi connectivity index (χ3n) is 3.96. The first-order valence-electron chi connectivity index (χ1n) is 6.71. The van der Waals surface area contributed by atoms with Crippen LogP contribution in [0.1, 0.15) is 56.0 Å². The SMILES string of the molecule is CC1=C(C(=O)c2ccc(C#N)cc2)C(C)(C)CCC1. The van der Waals surface area contributed by atoms with Crippen molar-refractivity contribution in [1.29, 1.82) is 5.26 Å². The maximum Gasteiger partial charge on any atom is 0.189 e. The van der Waals surface area contributed by atoms with E-state index in [1.807, 2.05) is 0 Å². The molecule has 1 aromatic carbocycles. The third-order valence-corrected chi connectivity index (χ3v) is 3.96. The molecule has 19 heavy (non-hydrogen) atoms. The minimum absolute atomic E-state index is 0.0483. The molecule has 98 valence electrons. The Kier molecular flexibility index (Phi) is 3.57. The molecular weight excluding hydrogens is 234 g/mol. The van der Waals surface area contributed by atoms with Gasteiger partial charge in [0.2, 0.25) is 0 Å². The van der Waals surface area contributed by atoms with Crippen LogP contribution >= 0.6 is 0 Å². The highest BCUT2D eigenvalue weighted by atomic mass is 16.1. The molecule has 0 fully saturated rings. The summed E-state index contributed by atoms with van der Waals surface area (Å²) in [6.07, 6.45) is 3.23. The van der Waals surface area contributed by atoms with E-state index in [1.165, 1.54) is 5.57 Å². The first-order valence-corrected chi connectivity index (χ1v) is 6.71. The molecule has 0 radical (unpaired) electrons. The molecule has 0 spiro atoms. The highest BCUT2D eigenvalue weighted by Gasteiger charge is 2.33. The number of Topliss-reactive ketones (excluding diaryl/α,β-unsaturated/α-hetero) is 1. The summed E-state index contributed by atoms with van der Waals surface area (Å²) in [5.74, 6) is 0.117. The van der Waals surface area contributed by atoms with Crippen LogP contribution in [0.15, 0.2) is 35.4 Å². The molecular formula is C17H19NO. The zero-order chi connectivity index (χ0) is 14.0. The summed E-state index contributed by atoms with van der Waals surface area (Å²) < 4.78 is 0. The molecule has 0 amide bonds. The van der Waals surface area contributed by atoms with E-state index in [9.17, 15) is 4.79 Å². The van der Waals surface area contributed by atoms with Gasteiger partial charge >= 0.3 is 0 Å². The lowest BCUT2D eigenvalue weighted by Crippen LogP contribution is -2.26. The topological polar surface area (TPSA) is 40.9 Å². The second-order valence-electron chi connectivity index (χ2n) is 5.91. The summed E-state index contributed by atoms with van der Waals surface area (Å²) in [5, 5.41) is 8.80. The quantitative estimate of drug-likeness (QED) is 0.738. The Labute approximate surface area is 114 Å². The number of rotatable bonds is 2. The molecule has 2 rings (SSSR count). The van der Waals surface area contributed by atoms with E-state index in [0.29, 0.717) is 11.1 Å². The number of nitriles is 1. The molecule has 0 saturated heterocycles. The second kappa shape index (κ2) is 5.01. The Hall–Kier alpha value is -1.88. The predicted octanol–water partition coefficient (Wildman–Crippen LogP) is 4.27. The Balaban J connectivity index is 2.40. The smallest absolute Gasteiger partial charge is 0.189 e. The van der Waals surface area contributed by atoms with Crippen LogP contribution in [0.5, 0.6) is 0 Å². The number of nitrogens with zero attached hydrogens (tertiary/aromatic N) is 1. The predicted molar refractivity (Wildman–Crippen MR) is 75.8 cm³/mol. The third kappa shape index (κ3) is 2.61. The van der Waals surface area contributed by atoms with E-state index in [2.05, 4.69) is 26.8 Å². The van der Waals surface area contributed by atoms with Crippen LogP contribution in [0, 0.1) is 16.7 Å². The average Bonchev–Trinajstić information content (AvgIpc) is 2.37. The Bertz CT molecular complexity index is 570. The number of ketones is 1. The number of carbonyl (C=O) groups is 1. The summed E-state index contributed by atoms with van der Waals surface area (Å²) in [5.41, 5.74) is 3.40. The maximum atomic E-state index is 12.7. The fraction of sp³-hybridized carbons (Fsp3) is 0.412. The molecule has 1 aromatic rings. The summed E-state index contributed by atoms with van der Waals surface area (Å²) >= 11 is 0. The van der Waals surface area contributed by atoms with E-state index >= 15 is 0 Å². The van der Waals surface area contributed by atoms with Gasteiger partial charge < -0.3 is 0 Å². The van der Waals surface area contributed by atoms with Crippen LogP contribution in [0.4, 0.5) is 0 Å². The lowest BCUT2D eigenvalue weighted by Gasteiger charge is -2.33. The fourth-order valence-electron chi connectivity index (χ4n) is 2.96. The van der Waals surface area contributed by atoms with Crippen molar-refractivity contribution >= 4 is 5.78 Å². The second-order valence-corrected chi connectivity index (χ2v) is 5.91. The van der Waals surface area contributed by atoms with Gasteiger partial charge in [0.1, 0.15) is 0 Å². The van der Waals surface area contributed by atoms with Crippen molar-refractivity contribution in [2.24, 2.45) is 5.41 Å². The van der Waals surface area contributed by atoms with Crippen LogP contribution in [0.25, 0.3) is 0 Å². The van der Waals surface area contributed by atoms with Gasteiger partial charge in [0, 0.05) is 11.1 Å². The van der Waals surface area contributed by atoms with Gasteiger partial charge in [-0.15, -0.1) is 0 Å². The summed E-state index contributed by atoms with van der Waals surface area (Å²) in [7, 11) is 0. The number of allylic oxidation sites excluding steroid dienone is 2. The van der Waals surface area contributed by atoms with E-state index in [0.717, 1.165) is 24.8 Å². The molecule has 2 heteroatoms. The van der Waals surface area contributed by atoms with E-state index < -0.39 is 0 Å². The molecule has 0 aromatic heterocycles. The van der Waals surface area contributed by atoms with Gasteiger partial charge in [-0.1, -0.05) is 19.4 Å². The van der Waals surface area contributed by atoms with Crippen molar-refractivity contribution in [1.82, 2.24) is 0 Å². The molecule has 0 unspecified atom stereocenters. The molecule has 2 nitrogen and oxygen atoms in total. The molecule has 1 aliphatic carbocycles. The first-order chi connectivity index (χ1) is 8.95. The van der Waals surface area contributed by atoms with Gasteiger partial charge in [-0.25, -0.2) is 0 Å². The van der Waals surface area contributed by atoms with Crippen LogP contribution in [0.2, 0.25) is 0 Å². The number of hydrogen-bond donors (Lipinski definition) is 0. The standard InChI is InChI=1S/C17H19NO/c1-12-5-4-10-17(2,3)15(12)16(19)14-8-6-13(11-18)7-9-14/h6-9H,4-5,10H2,1-3H3. The van der Waals surface area contributed by atoms with E-state index in [-0.39, 0.29) is 11.2 Å². The monoisotopic (exact) mass is 253 g/mol. The Morgan fingerprint density at radius 2 is 1.89 bits per heavy atom. The lowest BCUT2D eigenvalue weighted by molar-refractivity contribution is 0.0998. The highest BCUT2D eigenvalue weighted by molar-refractivity contribution is 6.10. The largest absolute Gasteiger partial charge is 0.289 e. The summed E-state index contributed by atoms with van der Waals surface area (Å²) in [4.78, 5) is 12.7. The van der Waals surface area contributed by atoms with Crippen LogP contribution < -0.4 is 0 Å². The van der Waals surface area contributed by atoms with Gasteiger partial charge in [-0.2, -0.15) is 5.26 Å². The minimum Gasteiger partial charge on any atom is -0.289 e. The van der Waals surface area contributed by atoms with Gasteiger partial charge in [0.25, 0.3) is 0 Å². The van der Waals surface area contributed by atoms with Crippen molar-refractivity contribution in [2.45, 2.75) is 40.0 Å². The van der Waals surface area contributed by atoms with E-state index in [4.69, 9.17) is 5.26 Å². The first kappa shape index (κ1) is 13.5. The summed E-state index contributed by atoms with van der Waals surface area (Å²) in [6, 6.07) is 9.00. The molecule has 0 atom stereocenters. The molecule has 0 heterocycles. The lowest BCUT2D eigenvalue weighted by atomic mass is 9.70. The maximum absolute atomic E-state index is 12.7. The van der Waals surface area contributed by atoms with Crippen molar-refractivity contribution in [3.05, 3.63) is 46.5 Å². The van der Waals surface area contributed by atoms with Gasteiger partial charge in [-0.3, -0.25) is 4.79 Å². The molecule has 0 aliphatic heterocycles.